The number of hydrogen-bond acceptors (Lipinski definition) is 6. The van der Waals surface area contributed by atoms with Crippen LogP contribution in [0.2, 0.25) is 5.02 Å². The van der Waals surface area contributed by atoms with Gasteiger partial charge in [-0.25, -0.2) is 0 Å². The molecule has 2 aromatic rings. The van der Waals surface area contributed by atoms with Gasteiger partial charge in [0.2, 0.25) is 0 Å². The second kappa shape index (κ2) is 8.06. The van der Waals surface area contributed by atoms with Gasteiger partial charge < -0.3 is 15.5 Å². The smallest absolute Gasteiger partial charge is 0.271 e. The maximum Gasteiger partial charge on any atom is 0.271 e. The summed E-state index contributed by atoms with van der Waals surface area (Å²) in [5.41, 5.74) is 0.317. The minimum absolute atomic E-state index is 0.124. The van der Waals surface area contributed by atoms with Crippen molar-refractivity contribution in [1.29, 1.82) is 0 Å². The van der Waals surface area contributed by atoms with E-state index >= 15 is 0 Å². The highest BCUT2D eigenvalue weighted by atomic mass is 35.5. The fourth-order valence-electron chi connectivity index (χ4n) is 2.31. The average molecular weight is 369 g/mol. The number of nitro benzene ring substituents is 1. The molecule has 0 spiro atoms. The van der Waals surface area contributed by atoms with Crippen molar-refractivity contribution in [2.24, 2.45) is 0 Å². The number of halogens is 1. The Morgan fingerprint density at radius 3 is 2.60 bits per heavy atom. The molecule has 134 valence electrons. The number of non-ortho nitro benzene ring substituents is 1. The van der Waals surface area contributed by atoms with Gasteiger partial charge in [-0.1, -0.05) is 11.6 Å². The molecule has 1 heterocycles. The van der Waals surface area contributed by atoms with Crippen LogP contribution in [0.15, 0.2) is 30.5 Å². The molecule has 0 saturated carbocycles. The van der Waals surface area contributed by atoms with Crippen LogP contribution in [-0.2, 0) is 6.54 Å². The standard InChI is InChI=1S/C15H17ClN4O5/c1-2-19-13(11(16)7-17-19)15(23)18-12(8-21)14(22)9-3-5-10(6-4-9)20(24)25/h3-7,12,14,21-22H,2,8H2,1H3,(H,18,23). The first-order valence-corrected chi connectivity index (χ1v) is 7.82. The molecule has 0 bridgehead atoms. The minimum Gasteiger partial charge on any atom is -0.394 e. The fraction of sp³-hybridized carbons (Fsp3) is 0.333. The van der Waals surface area contributed by atoms with Crippen LogP contribution in [0.1, 0.15) is 29.1 Å². The summed E-state index contributed by atoms with van der Waals surface area (Å²) in [5.74, 6) is -0.593. The zero-order valence-electron chi connectivity index (χ0n) is 13.3. The Hall–Kier alpha value is -2.49. The molecule has 0 fully saturated rings. The lowest BCUT2D eigenvalue weighted by atomic mass is 10.0. The number of aliphatic hydroxyl groups is 2. The topological polar surface area (TPSA) is 131 Å². The van der Waals surface area contributed by atoms with Crippen molar-refractivity contribution < 1.29 is 19.9 Å². The number of benzene rings is 1. The average Bonchev–Trinajstić information content (AvgIpc) is 2.99. The van der Waals surface area contributed by atoms with E-state index in [1.165, 1.54) is 35.1 Å². The number of nitrogens with zero attached hydrogens (tertiary/aromatic N) is 3. The van der Waals surface area contributed by atoms with Gasteiger partial charge in [0, 0.05) is 18.7 Å². The Bertz CT molecular complexity index is 762. The zero-order chi connectivity index (χ0) is 18.6. The number of nitro groups is 1. The Kier molecular flexibility index (Phi) is 6.07. The van der Waals surface area contributed by atoms with Crippen LogP contribution in [-0.4, -0.2) is 43.5 Å². The highest BCUT2D eigenvalue weighted by molar-refractivity contribution is 6.33. The molecule has 2 atom stereocenters. The van der Waals surface area contributed by atoms with E-state index < -0.39 is 29.6 Å². The number of nitrogens with one attached hydrogen (secondary N) is 1. The van der Waals surface area contributed by atoms with Crippen molar-refractivity contribution >= 4 is 23.2 Å². The van der Waals surface area contributed by atoms with E-state index in [0.29, 0.717) is 12.1 Å². The Labute approximate surface area is 148 Å². The molecule has 1 amide bonds. The van der Waals surface area contributed by atoms with Crippen molar-refractivity contribution in [3.63, 3.8) is 0 Å². The number of hydrogen-bond donors (Lipinski definition) is 3. The summed E-state index contributed by atoms with van der Waals surface area (Å²) < 4.78 is 1.39. The molecule has 3 N–H and O–H groups in total. The minimum atomic E-state index is -1.26. The number of carbonyl (C=O) groups excluding carboxylic acids is 1. The van der Waals surface area contributed by atoms with Crippen LogP contribution in [0.4, 0.5) is 5.69 Å². The number of aryl methyl sites for hydroxylation is 1. The first-order chi connectivity index (χ1) is 11.9. The normalized spacial score (nSPS) is 13.3. The largest absolute Gasteiger partial charge is 0.394 e. The number of aromatic nitrogens is 2. The second-order valence-electron chi connectivity index (χ2n) is 5.21. The third-order valence-electron chi connectivity index (χ3n) is 3.65. The first kappa shape index (κ1) is 18.8. The van der Waals surface area contributed by atoms with Gasteiger partial charge in [0.15, 0.2) is 0 Å². The molecule has 2 rings (SSSR count). The van der Waals surface area contributed by atoms with Crippen molar-refractivity contribution in [2.45, 2.75) is 25.6 Å². The van der Waals surface area contributed by atoms with Crippen molar-refractivity contribution in [3.8, 4) is 0 Å². The molecule has 25 heavy (non-hydrogen) atoms. The van der Waals surface area contributed by atoms with Crippen LogP contribution < -0.4 is 5.32 Å². The summed E-state index contributed by atoms with van der Waals surface area (Å²) in [6.07, 6.45) is 0.0762. The lowest BCUT2D eigenvalue weighted by Gasteiger charge is -2.22. The van der Waals surface area contributed by atoms with E-state index in [-0.39, 0.29) is 16.4 Å². The molecular formula is C15H17ClN4O5. The van der Waals surface area contributed by atoms with Gasteiger partial charge in [-0.2, -0.15) is 5.10 Å². The van der Waals surface area contributed by atoms with E-state index in [0.717, 1.165) is 0 Å². The lowest BCUT2D eigenvalue weighted by molar-refractivity contribution is -0.384. The van der Waals surface area contributed by atoms with Gasteiger partial charge >= 0.3 is 0 Å². The van der Waals surface area contributed by atoms with E-state index in [4.69, 9.17) is 11.6 Å². The third-order valence-corrected chi connectivity index (χ3v) is 3.93. The molecule has 0 saturated heterocycles. The van der Waals surface area contributed by atoms with Gasteiger partial charge in [-0.15, -0.1) is 0 Å². The van der Waals surface area contributed by atoms with Gasteiger partial charge in [0.25, 0.3) is 11.6 Å². The van der Waals surface area contributed by atoms with Crippen molar-refractivity contribution in [1.82, 2.24) is 15.1 Å². The summed E-state index contributed by atoms with van der Waals surface area (Å²) in [6.45, 7) is 1.67. The van der Waals surface area contributed by atoms with Gasteiger partial charge in [0.1, 0.15) is 11.8 Å². The van der Waals surface area contributed by atoms with Crippen LogP contribution >= 0.6 is 11.6 Å². The summed E-state index contributed by atoms with van der Waals surface area (Å²) >= 11 is 5.96. The molecular weight excluding hydrogens is 352 g/mol. The first-order valence-electron chi connectivity index (χ1n) is 7.44. The van der Waals surface area contributed by atoms with Gasteiger partial charge in [0.05, 0.1) is 28.8 Å². The summed E-state index contributed by atoms with van der Waals surface area (Å²) in [5, 5.41) is 37.1. The Balaban J connectivity index is 2.17. The molecule has 10 heteroatoms. The summed E-state index contributed by atoms with van der Waals surface area (Å²) in [6, 6.07) is 4.17. The maximum absolute atomic E-state index is 12.4. The number of amides is 1. The zero-order valence-corrected chi connectivity index (χ0v) is 14.1. The molecule has 0 aliphatic carbocycles. The molecule has 0 aliphatic rings. The lowest BCUT2D eigenvalue weighted by Crippen LogP contribution is -2.42. The molecule has 1 aromatic heterocycles. The van der Waals surface area contributed by atoms with Gasteiger partial charge in [-0.05, 0) is 24.6 Å². The highest BCUT2D eigenvalue weighted by Crippen LogP contribution is 2.21. The third kappa shape index (κ3) is 4.13. The van der Waals surface area contributed by atoms with Crippen LogP contribution in [0.5, 0.6) is 0 Å². The Morgan fingerprint density at radius 1 is 1.44 bits per heavy atom. The van der Waals surface area contributed by atoms with E-state index in [1.54, 1.807) is 6.92 Å². The fourth-order valence-corrected chi connectivity index (χ4v) is 2.54. The SMILES string of the molecule is CCn1ncc(Cl)c1C(=O)NC(CO)C(O)c1ccc([N+](=O)[O-])cc1. The molecule has 2 unspecified atom stereocenters. The van der Waals surface area contributed by atoms with Crippen molar-refractivity contribution in [3.05, 3.63) is 56.9 Å². The molecule has 0 aliphatic heterocycles. The van der Waals surface area contributed by atoms with Crippen LogP contribution in [0, 0.1) is 10.1 Å². The van der Waals surface area contributed by atoms with Crippen LogP contribution in [0.25, 0.3) is 0 Å². The molecule has 9 nitrogen and oxygen atoms in total. The quantitative estimate of drug-likeness (QED) is 0.498. The monoisotopic (exact) mass is 368 g/mol. The summed E-state index contributed by atoms with van der Waals surface area (Å²) in [4.78, 5) is 22.5. The number of aliphatic hydroxyl groups excluding tert-OH is 2. The molecule has 1 aromatic carbocycles. The van der Waals surface area contributed by atoms with Crippen LogP contribution in [0.3, 0.4) is 0 Å². The van der Waals surface area contributed by atoms with E-state index in [1.807, 2.05) is 0 Å². The maximum atomic E-state index is 12.4. The van der Waals surface area contributed by atoms with E-state index in [2.05, 4.69) is 10.4 Å². The van der Waals surface area contributed by atoms with Gasteiger partial charge in [-0.3, -0.25) is 19.6 Å². The Morgan fingerprint density at radius 2 is 2.08 bits per heavy atom. The van der Waals surface area contributed by atoms with E-state index in [9.17, 15) is 25.1 Å². The number of rotatable bonds is 7. The predicted octanol–water partition coefficient (Wildman–Crippen LogP) is 1.29. The van der Waals surface area contributed by atoms with Crippen molar-refractivity contribution in [2.75, 3.05) is 6.61 Å². The predicted molar refractivity (Wildman–Crippen MR) is 89.3 cm³/mol. The second-order valence-corrected chi connectivity index (χ2v) is 5.62. The molecule has 0 radical (unpaired) electrons. The highest BCUT2D eigenvalue weighted by Gasteiger charge is 2.26. The summed E-state index contributed by atoms with van der Waals surface area (Å²) in [7, 11) is 0. The number of carbonyl (C=O) groups is 1.